The lowest BCUT2D eigenvalue weighted by molar-refractivity contribution is -0.115. The second kappa shape index (κ2) is 8.38. The number of esters is 1. The molecule has 0 unspecified atom stereocenters. The number of ether oxygens (including phenoxy) is 1. The zero-order valence-corrected chi connectivity index (χ0v) is 13.9. The molecule has 0 aliphatic carbocycles. The Morgan fingerprint density at radius 3 is 2.70 bits per heavy atom. The summed E-state index contributed by atoms with van der Waals surface area (Å²) in [6.07, 6.45) is 2.09. The summed E-state index contributed by atoms with van der Waals surface area (Å²) in [5, 5.41) is 2.52. The minimum absolute atomic E-state index is 0.0749. The molecule has 1 amide bonds. The normalized spacial score (nSPS) is 11.7. The number of nitrogens with one attached hydrogen (secondary N) is 2. The number of thioether (sulfide) groups is 1. The number of amides is 1. The SMILES string of the molecule is CCOC(=O)c1ncc(NC(=O)[C@H](CC)Sc2ccccc2)[nH]1. The van der Waals surface area contributed by atoms with Gasteiger partial charge in [0.05, 0.1) is 18.1 Å². The molecule has 6 nitrogen and oxygen atoms in total. The van der Waals surface area contributed by atoms with Crippen LogP contribution in [-0.2, 0) is 9.53 Å². The van der Waals surface area contributed by atoms with Gasteiger partial charge in [0, 0.05) is 4.90 Å². The fourth-order valence-corrected chi connectivity index (χ4v) is 2.86. The number of rotatable bonds is 7. The van der Waals surface area contributed by atoms with Gasteiger partial charge in [0.15, 0.2) is 0 Å². The highest BCUT2D eigenvalue weighted by molar-refractivity contribution is 8.00. The van der Waals surface area contributed by atoms with Gasteiger partial charge in [-0.3, -0.25) is 4.79 Å². The molecule has 0 spiro atoms. The summed E-state index contributed by atoms with van der Waals surface area (Å²) in [5.74, 6) is -0.227. The van der Waals surface area contributed by atoms with Crippen LogP contribution in [0.15, 0.2) is 41.4 Å². The molecule has 0 fully saturated rings. The zero-order chi connectivity index (χ0) is 16.7. The third-order valence-electron chi connectivity index (χ3n) is 2.99. The molecule has 0 saturated carbocycles. The van der Waals surface area contributed by atoms with Gasteiger partial charge >= 0.3 is 5.97 Å². The van der Waals surface area contributed by atoms with E-state index in [9.17, 15) is 9.59 Å². The molecule has 23 heavy (non-hydrogen) atoms. The van der Waals surface area contributed by atoms with Crippen molar-refractivity contribution in [3.63, 3.8) is 0 Å². The Bertz CT molecular complexity index is 658. The molecule has 1 heterocycles. The summed E-state index contributed by atoms with van der Waals surface area (Å²) < 4.78 is 4.84. The largest absolute Gasteiger partial charge is 0.460 e. The maximum Gasteiger partial charge on any atom is 0.374 e. The van der Waals surface area contributed by atoms with E-state index in [2.05, 4.69) is 15.3 Å². The molecule has 7 heteroatoms. The third kappa shape index (κ3) is 4.85. The maximum atomic E-state index is 12.4. The molecular weight excluding hydrogens is 314 g/mol. The fraction of sp³-hybridized carbons (Fsp3) is 0.312. The quantitative estimate of drug-likeness (QED) is 0.601. The van der Waals surface area contributed by atoms with Crippen molar-refractivity contribution in [3.05, 3.63) is 42.4 Å². The minimum atomic E-state index is -0.543. The predicted molar refractivity (Wildman–Crippen MR) is 89.6 cm³/mol. The van der Waals surface area contributed by atoms with Crippen molar-refractivity contribution in [1.82, 2.24) is 9.97 Å². The van der Waals surface area contributed by atoms with Crippen LogP contribution in [-0.4, -0.2) is 33.7 Å². The Labute approximate surface area is 139 Å². The Kier molecular flexibility index (Phi) is 6.22. The lowest BCUT2D eigenvalue weighted by atomic mass is 10.3. The molecular formula is C16H19N3O3S. The first-order valence-corrected chi connectivity index (χ1v) is 8.26. The van der Waals surface area contributed by atoms with Crippen LogP contribution in [0.25, 0.3) is 0 Å². The van der Waals surface area contributed by atoms with Crippen molar-refractivity contribution in [2.75, 3.05) is 11.9 Å². The first-order valence-electron chi connectivity index (χ1n) is 7.38. The van der Waals surface area contributed by atoms with Crippen LogP contribution in [0.1, 0.15) is 30.9 Å². The molecule has 0 saturated heterocycles. The lowest BCUT2D eigenvalue weighted by Gasteiger charge is -2.13. The average molecular weight is 333 g/mol. The van der Waals surface area contributed by atoms with Gasteiger partial charge in [0.1, 0.15) is 5.82 Å². The van der Waals surface area contributed by atoms with Gasteiger partial charge in [-0.2, -0.15) is 0 Å². The van der Waals surface area contributed by atoms with E-state index in [-0.39, 0.29) is 23.6 Å². The average Bonchev–Trinajstić information content (AvgIpc) is 3.02. The lowest BCUT2D eigenvalue weighted by Crippen LogP contribution is -2.24. The van der Waals surface area contributed by atoms with Gasteiger partial charge < -0.3 is 15.0 Å². The van der Waals surface area contributed by atoms with Crippen LogP contribution in [0.2, 0.25) is 0 Å². The number of hydrogen-bond acceptors (Lipinski definition) is 5. The van der Waals surface area contributed by atoms with Gasteiger partial charge in [0.25, 0.3) is 0 Å². The maximum absolute atomic E-state index is 12.4. The number of aromatic nitrogens is 2. The van der Waals surface area contributed by atoms with E-state index in [1.54, 1.807) is 6.92 Å². The third-order valence-corrected chi connectivity index (χ3v) is 4.36. The van der Waals surface area contributed by atoms with Crippen LogP contribution in [0.5, 0.6) is 0 Å². The Balaban J connectivity index is 1.98. The van der Waals surface area contributed by atoms with E-state index in [1.165, 1.54) is 18.0 Å². The zero-order valence-electron chi connectivity index (χ0n) is 13.0. The summed E-state index contributed by atoms with van der Waals surface area (Å²) in [4.78, 5) is 31.6. The van der Waals surface area contributed by atoms with Crippen molar-refractivity contribution >= 4 is 29.5 Å². The summed E-state index contributed by atoms with van der Waals surface area (Å²) in [6.45, 7) is 3.94. The predicted octanol–water partition coefficient (Wildman–Crippen LogP) is 3.10. The number of hydrogen-bond donors (Lipinski definition) is 2. The van der Waals surface area contributed by atoms with Crippen molar-refractivity contribution in [3.8, 4) is 0 Å². The summed E-state index contributed by atoms with van der Waals surface area (Å²) >= 11 is 1.50. The number of anilines is 1. The second-order valence-corrected chi connectivity index (χ2v) is 5.96. The molecule has 1 atom stereocenters. The number of benzene rings is 1. The molecule has 1 aromatic carbocycles. The smallest absolute Gasteiger partial charge is 0.374 e. The van der Waals surface area contributed by atoms with Gasteiger partial charge in [-0.25, -0.2) is 9.78 Å². The Hall–Kier alpha value is -2.28. The molecule has 0 aliphatic heterocycles. The van der Waals surface area contributed by atoms with Crippen LogP contribution < -0.4 is 5.32 Å². The van der Waals surface area contributed by atoms with Crippen LogP contribution in [0, 0.1) is 0 Å². The number of aromatic amines is 1. The van der Waals surface area contributed by atoms with E-state index in [0.29, 0.717) is 12.2 Å². The molecule has 2 rings (SSSR count). The molecule has 122 valence electrons. The van der Waals surface area contributed by atoms with Crippen molar-refractivity contribution < 1.29 is 14.3 Å². The van der Waals surface area contributed by atoms with Gasteiger partial charge in [-0.1, -0.05) is 25.1 Å². The highest BCUT2D eigenvalue weighted by Gasteiger charge is 2.19. The molecule has 2 aromatic rings. The monoisotopic (exact) mass is 333 g/mol. The summed E-state index contributed by atoms with van der Waals surface area (Å²) in [7, 11) is 0. The molecule has 0 radical (unpaired) electrons. The topological polar surface area (TPSA) is 84.1 Å². The number of H-pyrrole nitrogens is 1. The minimum Gasteiger partial charge on any atom is -0.460 e. The molecule has 1 aromatic heterocycles. The molecule has 0 aliphatic rings. The Morgan fingerprint density at radius 2 is 2.04 bits per heavy atom. The number of nitrogens with zero attached hydrogens (tertiary/aromatic N) is 1. The standard InChI is InChI=1S/C16H19N3O3S/c1-3-12(23-11-8-6-5-7-9-11)15(20)19-13-10-17-14(18-13)16(21)22-4-2/h5-10,12H,3-4H2,1-2H3,(H,17,18)(H,19,20)/t12-/m0/s1. The summed E-state index contributed by atoms with van der Waals surface area (Å²) in [6, 6.07) is 9.75. The van der Waals surface area contributed by atoms with E-state index in [1.807, 2.05) is 37.3 Å². The van der Waals surface area contributed by atoms with Crippen LogP contribution >= 0.6 is 11.8 Å². The van der Waals surface area contributed by atoms with Crippen molar-refractivity contribution in [2.45, 2.75) is 30.4 Å². The van der Waals surface area contributed by atoms with Crippen LogP contribution in [0.3, 0.4) is 0 Å². The first kappa shape index (κ1) is 17.1. The van der Waals surface area contributed by atoms with E-state index < -0.39 is 5.97 Å². The fourth-order valence-electron chi connectivity index (χ4n) is 1.89. The van der Waals surface area contributed by atoms with Gasteiger partial charge in [-0.15, -0.1) is 11.8 Å². The van der Waals surface area contributed by atoms with E-state index >= 15 is 0 Å². The molecule has 2 N–H and O–H groups in total. The number of carbonyl (C=O) groups is 2. The number of imidazole rings is 1. The van der Waals surface area contributed by atoms with Gasteiger partial charge in [-0.05, 0) is 25.5 Å². The summed E-state index contributed by atoms with van der Waals surface area (Å²) in [5.41, 5.74) is 0. The van der Waals surface area contributed by atoms with E-state index in [4.69, 9.17) is 4.74 Å². The second-order valence-electron chi connectivity index (χ2n) is 4.68. The highest BCUT2D eigenvalue weighted by atomic mass is 32.2. The van der Waals surface area contributed by atoms with E-state index in [0.717, 1.165) is 4.90 Å². The number of carbonyl (C=O) groups excluding carboxylic acids is 2. The van der Waals surface area contributed by atoms with Gasteiger partial charge in [0.2, 0.25) is 11.7 Å². The Morgan fingerprint density at radius 1 is 1.30 bits per heavy atom. The highest BCUT2D eigenvalue weighted by Crippen LogP contribution is 2.26. The van der Waals surface area contributed by atoms with Crippen molar-refractivity contribution in [2.24, 2.45) is 0 Å². The van der Waals surface area contributed by atoms with Crippen molar-refractivity contribution in [1.29, 1.82) is 0 Å². The molecule has 0 bridgehead atoms. The first-order chi connectivity index (χ1) is 11.1. The van der Waals surface area contributed by atoms with Crippen LogP contribution in [0.4, 0.5) is 5.82 Å².